The van der Waals surface area contributed by atoms with E-state index in [0.29, 0.717) is 20.7 Å². The summed E-state index contributed by atoms with van der Waals surface area (Å²) in [5, 5.41) is 3.98. The van der Waals surface area contributed by atoms with Gasteiger partial charge in [0.2, 0.25) is 0 Å². The van der Waals surface area contributed by atoms with Gasteiger partial charge in [-0.05, 0) is 34.1 Å². The number of hydrogen-bond donors (Lipinski definition) is 2. The zero-order valence-corrected chi connectivity index (χ0v) is 13.9. The molecule has 0 aliphatic heterocycles. The second-order valence-electron chi connectivity index (χ2n) is 4.18. The first-order valence-electron chi connectivity index (χ1n) is 5.58. The summed E-state index contributed by atoms with van der Waals surface area (Å²) in [5.74, 6) is -0.0922. The number of amides is 1. The van der Waals surface area contributed by atoms with E-state index in [4.69, 9.17) is 17.3 Å². The summed E-state index contributed by atoms with van der Waals surface area (Å²) in [7, 11) is 3.68. The molecule has 20 heavy (non-hydrogen) atoms. The SMILES string of the molecule is CN(C)c1nc(N)c(C(=O)Nc2cc(Cl)ccc2Br)s1. The van der Waals surface area contributed by atoms with Crippen molar-refractivity contribution in [3.8, 4) is 0 Å². The Morgan fingerprint density at radius 1 is 1.50 bits per heavy atom. The molecule has 1 amide bonds. The molecule has 0 aliphatic carbocycles. The van der Waals surface area contributed by atoms with E-state index in [1.165, 1.54) is 11.3 Å². The average molecular weight is 376 g/mol. The second kappa shape index (κ2) is 5.99. The van der Waals surface area contributed by atoms with Gasteiger partial charge >= 0.3 is 0 Å². The van der Waals surface area contributed by atoms with E-state index in [1.807, 2.05) is 14.1 Å². The number of nitrogens with zero attached hydrogens (tertiary/aromatic N) is 2. The van der Waals surface area contributed by atoms with Crippen molar-refractivity contribution < 1.29 is 4.79 Å². The Balaban J connectivity index is 2.26. The van der Waals surface area contributed by atoms with E-state index in [2.05, 4.69) is 26.2 Å². The summed E-state index contributed by atoms with van der Waals surface area (Å²) in [6.07, 6.45) is 0. The molecular formula is C12H12BrClN4OS. The highest BCUT2D eigenvalue weighted by molar-refractivity contribution is 9.10. The summed E-state index contributed by atoms with van der Waals surface area (Å²) in [6.45, 7) is 0. The average Bonchev–Trinajstić information content (AvgIpc) is 2.76. The number of carbonyl (C=O) groups is 1. The molecule has 106 valence electrons. The minimum absolute atomic E-state index is 0.217. The lowest BCUT2D eigenvalue weighted by atomic mass is 10.3. The first-order chi connectivity index (χ1) is 9.38. The quantitative estimate of drug-likeness (QED) is 0.862. The highest BCUT2D eigenvalue weighted by Crippen LogP contribution is 2.30. The lowest BCUT2D eigenvalue weighted by molar-refractivity contribution is 0.103. The molecule has 0 bridgehead atoms. The number of nitrogens with one attached hydrogen (secondary N) is 1. The molecule has 0 radical (unpaired) electrons. The van der Waals surface area contributed by atoms with Crippen LogP contribution in [0.15, 0.2) is 22.7 Å². The van der Waals surface area contributed by atoms with Gasteiger partial charge in [-0.15, -0.1) is 0 Å². The molecule has 5 nitrogen and oxygen atoms in total. The number of aromatic nitrogens is 1. The van der Waals surface area contributed by atoms with Crippen LogP contribution in [-0.2, 0) is 0 Å². The standard InChI is InChI=1S/C12H12BrClN4OS/c1-18(2)12-17-10(15)9(20-12)11(19)16-8-5-6(14)3-4-7(8)13/h3-5H,15H2,1-2H3,(H,16,19). The number of anilines is 3. The van der Waals surface area contributed by atoms with Crippen LogP contribution in [0.3, 0.4) is 0 Å². The van der Waals surface area contributed by atoms with Crippen molar-refractivity contribution in [2.75, 3.05) is 30.0 Å². The molecule has 1 heterocycles. The van der Waals surface area contributed by atoms with Gasteiger partial charge in [-0.25, -0.2) is 4.98 Å². The van der Waals surface area contributed by atoms with E-state index in [-0.39, 0.29) is 11.7 Å². The summed E-state index contributed by atoms with van der Waals surface area (Å²) >= 11 is 10.5. The van der Waals surface area contributed by atoms with Gasteiger partial charge in [0.1, 0.15) is 10.7 Å². The van der Waals surface area contributed by atoms with Crippen molar-refractivity contribution in [2.45, 2.75) is 0 Å². The molecule has 0 saturated heterocycles. The number of halogens is 2. The fraction of sp³-hybridized carbons (Fsp3) is 0.167. The Bertz CT molecular complexity index is 659. The van der Waals surface area contributed by atoms with Gasteiger partial charge in [-0.2, -0.15) is 0 Å². The molecule has 0 spiro atoms. The van der Waals surface area contributed by atoms with Crippen LogP contribution in [0.5, 0.6) is 0 Å². The Labute approximate surface area is 133 Å². The predicted molar refractivity (Wildman–Crippen MR) is 88.0 cm³/mol. The van der Waals surface area contributed by atoms with Crippen LogP contribution in [0.2, 0.25) is 5.02 Å². The third-order valence-electron chi connectivity index (χ3n) is 2.41. The van der Waals surface area contributed by atoms with Crippen molar-refractivity contribution in [1.82, 2.24) is 4.98 Å². The summed E-state index contributed by atoms with van der Waals surface area (Å²) in [5.41, 5.74) is 6.36. The monoisotopic (exact) mass is 374 g/mol. The van der Waals surface area contributed by atoms with Crippen LogP contribution in [0.25, 0.3) is 0 Å². The van der Waals surface area contributed by atoms with Gasteiger partial charge in [-0.1, -0.05) is 22.9 Å². The number of carbonyl (C=O) groups excluding carboxylic acids is 1. The van der Waals surface area contributed by atoms with Gasteiger partial charge in [0, 0.05) is 23.6 Å². The maximum Gasteiger partial charge on any atom is 0.269 e. The minimum atomic E-state index is -0.309. The molecule has 1 aromatic carbocycles. The maximum absolute atomic E-state index is 12.2. The predicted octanol–water partition coefficient (Wildman–Crippen LogP) is 3.46. The smallest absolute Gasteiger partial charge is 0.269 e. The zero-order valence-electron chi connectivity index (χ0n) is 10.8. The molecule has 1 aromatic heterocycles. The molecule has 0 fully saturated rings. The van der Waals surface area contributed by atoms with Crippen LogP contribution in [0.4, 0.5) is 16.6 Å². The first-order valence-corrected chi connectivity index (χ1v) is 7.57. The number of rotatable bonds is 3. The fourth-order valence-corrected chi connectivity index (χ4v) is 2.77. The Morgan fingerprint density at radius 2 is 2.20 bits per heavy atom. The molecular weight excluding hydrogens is 364 g/mol. The summed E-state index contributed by atoms with van der Waals surface area (Å²) in [4.78, 5) is 18.5. The highest BCUT2D eigenvalue weighted by Gasteiger charge is 2.18. The van der Waals surface area contributed by atoms with Crippen molar-refractivity contribution >= 4 is 61.4 Å². The third kappa shape index (κ3) is 3.23. The van der Waals surface area contributed by atoms with Crippen LogP contribution in [0, 0.1) is 0 Å². The largest absolute Gasteiger partial charge is 0.382 e. The number of nitrogen functional groups attached to an aromatic ring is 1. The molecule has 3 N–H and O–H groups in total. The number of hydrogen-bond acceptors (Lipinski definition) is 5. The second-order valence-corrected chi connectivity index (χ2v) is 6.45. The molecule has 8 heteroatoms. The molecule has 0 saturated carbocycles. The number of thiazole rings is 1. The highest BCUT2D eigenvalue weighted by atomic mass is 79.9. The van der Waals surface area contributed by atoms with E-state index in [1.54, 1.807) is 23.1 Å². The van der Waals surface area contributed by atoms with Gasteiger partial charge in [0.05, 0.1) is 5.69 Å². The van der Waals surface area contributed by atoms with Gasteiger partial charge < -0.3 is 16.0 Å². The molecule has 2 rings (SSSR count). The minimum Gasteiger partial charge on any atom is -0.382 e. The topological polar surface area (TPSA) is 71.2 Å². The van der Waals surface area contributed by atoms with E-state index in [9.17, 15) is 4.79 Å². The summed E-state index contributed by atoms with van der Waals surface area (Å²) in [6, 6.07) is 5.15. The van der Waals surface area contributed by atoms with Crippen molar-refractivity contribution in [2.24, 2.45) is 0 Å². The molecule has 0 aliphatic rings. The van der Waals surface area contributed by atoms with E-state index in [0.717, 1.165) is 4.47 Å². The number of nitrogens with two attached hydrogens (primary N) is 1. The van der Waals surface area contributed by atoms with Gasteiger partial charge in [-0.3, -0.25) is 4.79 Å². The molecule has 0 unspecified atom stereocenters. The Morgan fingerprint density at radius 3 is 2.80 bits per heavy atom. The maximum atomic E-state index is 12.2. The molecule has 0 atom stereocenters. The zero-order chi connectivity index (χ0) is 14.9. The van der Waals surface area contributed by atoms with Gasteiger partial charge in [0.25, 0.3) is 5.91 Å². The van der Waals surface area contributed by atoms with Crippen molar-refractivity contribution in [1.29, 1.82) is 0 Å². The molecule has 2 aromatic rings. The van der Waals surface area contributed by atoms with E-state index >= 15 is 0 Å². The lowest BCUT2D eigenvalue weighted by Crippen LogP contribution is -2.12. The Kier molecular flexibility index (Phi) is 4.52. The van der Waals surface area contributed by atoms with Crippen LogP contribution in [0.1, 0.15) is 9.67 Å². The fourth-order valence-electron chi connectivity index (χ4n) is 1.45. The van der Waals surface area contributed by atoms with Crippen LogP contribution >= 0.6 is 38.9 Å². The van der Waals surface area contributed by atoms with Crippen LogP contribution in [-0.4, -0.2) is 25.0 Å². The van der Waals surface area contributed by atoms with Crippen molar-refractivity contribution in [3.63, 3.8) is 0 Å². The van der Waals surface area contributed by atoms with Gasteiger partial charge in [0.15, 0.2) is 5.13 Å². The summed E-state index contributed by atoms with van der Waals surface area (Å²) < 4.78 is 0.742. The Hall–Kier alpha value is -1.31. The third-order valence-corrected chi connectivity index (χ3v) is 4.57. The van der Waals surface area contributed by atoms with Crippen molar-refractivity contribution in [3.05, 3.63) is 32.6 Å². The number of benzene rings is 1. The van der Waals surface area contributed by atoms with Crippen LogP contribution < -0.4 is 16.0 Å². The first kappa shape index (κ1) is 15.1. The lowest BCUT2D eigenvalue weighted by Gasteiger charge is -2.07. The van der Waals surface area contributed by atoms with E-state index < -0.39 is 0 Å². The normalized spacial score (nSPS) is 10.4.